The normalized spacial score (nSPS) is 13.3. The highest BCUT2D eigenvalue weighted by atomic mass is 16.4. The van der Waals surface area contributed by atoms with Gasteiger partial charge in [-0.25, -0.2) is 0 Å². The summed E-state index contributed by atoms with van der Waals surface area (Å²) >= 11 is 0. The molecule has 0 fully saturated rings. The molecule has 0 spiro atoms. The molecule has 3 N–H and O–H groups in total. The number of hydrogen-bond acceptors (Lipinski definition) is 4. The first-order chi connectivity index (χ1) is 4.59. The van der Waals surface area contributed by atoms with E-state index in [1.807, 2.05) is 0 Å². The van der Waals surface area contributed by atoms with Gasteiger partial charge in [-0.3, -0.25) is 9.59 Å². The lowest BCUT2D eigenvalue weighted by molar-refractivity contribution is -0.143. The van der Waals surface area contributed by atoms with E-state index >= 15 is 0 Å². The lowest BCUT2D eigenvalue weighted by Gasteiger charge is -1.97. The van der Waals surface area contributed by atoms with Gasteiger partial charge in [0, 0.05) is 0 Å². The number of hydrazone groups is 1. The molecule has 0 amide bonds. The Morgan fingerprint density at radius 2 is 2.20 bits per heavy atom. The van der Waals surface area contributed by atoms with E-state index in [0.29, 0.717) is 0 Å². The molecule has 10 heavy (non-hydrogen) atoms. The quantitative estimate of drug-likeness (QED) is 0.235. The third-order valence-electron chi connectivity index (χ3n) is 0.999. The fraction of sp³-hybridized carbons (Fsp3) is 0.400. The molecule has 1 unspecified atom stereocenters. The number of Topliss-reactive ketones (excluding diaryl/α,β-unsaturated/α-hetero) is 1. The monoisotopic (exact) mass is 144 g/mol. The third-order valence-corrected chi connectivity index (χ3v) is 0.999. The zero-order valence-corrected chi connectivity index (χ0v) is 5.44. The molecule has 56 valence electrons. The summed E-state index contributed by atoms with van der Waals surface area (Å²) in [5.74, 6) is 1.78. The molecular formula is C5H8N2O3. The second-order valence-electron chi connectivity index (χ2n) is 1.74. The zero-order valence-electron chi connectivity index (χ0n) is 5.44. The van der Waals surface area contributed by atoms with Crippen LogP contribution >= 0.6 is 0 Å². The van der Waals surface area contributed by atoms with Crippen molar-refractivity contribution in [1.82, 2.24) is 0 Å². The van der Waals surface area contributed by atoms with Gasteiger partial charge < -0.3 is 10.9 Å². The average molecular weight is 144 g/mol. The minimum atomic E-state index is -1.18. The summed E-state index contributed by atoms with van der Waals surface area (Å²) in [6.45, 7) is 1.27. The lowest BCUT2D eigenvalue weighted by atomic mass is 10.1. The first kappa shape index (κ1) is 8.61. The van der Waals surface area contributed by atoms with Crippen LogP contribution in [-0.4, -0.2) is 23.1 Å². The van der Waals surface area contributed by atoms with Crippen LogP contribution in [0.2, 0.25) is 0 Å². The van der Waals surface area contributed by atoms with Crippen molar-refractivity contribution in [2.45, 2.75) is 6.92 Å². The number of aliphatic carboxylic acids is 1. The van der Waals surface area contributed by atoms with Gasteiger partial charge in [-0.15, -0.1) is 0 Å². The smallest absolute Gasteiger partial charge is 0.314 e. The number of nitrogens with zero attached hydrogens (tertiary/aromatic N) is 1. The predicted molar refractivity (Wildman–Crippen MR) is 34.5 cm³/mol. The number of carbonyl (C=O) groups is 2. The summed E-state index contributed by atoms with van der Waals surface area (Å²) in [4.78, 5) is 20.7. The van der Waals surface area contributed by atoms with Crippen molar-refractivity contribution in [1.29, 1.82) is 0 Å². The Bertz CT molecular complexity index is 176. The molecule has 0 rings (SSSR count). The molecule has 1 atom stereocenters. The Kier molecular flexibility index (Phi) is 3.10. The molecule has 0 saturated carbocycles. The summed E-state index contributed by atoms with van der Waals surface area (Å²) in [6, 6.07) is 0. The van der Waals surface area contributed by atoms with E-state index in [-0.39, 0.29) is 0 Å². The van der Waals surface area contributed by atoms with Crippen LogP contribution in [0.1, 0.15) is 6.92 Å². The first-order valence-electron chi connectivity index (χ1n) is 2.59. The van der Waals surface area contributed by atoms with Crippen molar-refractivity contribution in [3.63, 3.8) is 0 Å². The van der Waals surface area contributed by atoms with Crippen molar-refractivity contribution >= 4 is 18.0 Å². The number of hydrogen-bond donors (Lipinski definition) is 2. The van der Waals surface area contributed by atoms with E-state index in [2.05, 4.69) is 10.9 Å². The van der Waals surface area contributed by atoms with E-state index < -0.39 is 17.7 Å². The number of ketones is 1. The Balaban J connectivity index is 4.08. The number of carboxylic acid groups (broad SMARTS) is 1. The average Bonchev–Trinajstić information content (AvgIpc) is 1.87. The maximum absolute atomic E-state index is 10.6. The molecule has 0 radical (unpaired) electrons. The van der Waals surface area contributed by atoms with Crippen LogP contribution < -0.4 is 5.84 Å². The van der Waals surface area contributed by atoms with Gasteiger partial charge in [0.15, 0.2) is 5.78 Å². The fourth-order valence-electron chi connectivity index (χ4n) is 0.307. The standard InChI is InChI=1S/C5H8N2O3/c1-3(5(9)10)4(8)2-7-6/h2-3H,6H2,1H3,(H,9,10). The summed E-state index contributed by atoms with van der Waals surface area (Å²) in [7, 11) is 0. The zero-order chi connectivity index (χ0) is 8.15. The van der Waals surface area contributed by atoms with E-state index in [1.54, 1.807) is 0 Å². The van der Waals surface area contributed by atoms with Crippen molar-refractivity contribution in [2.75, 3.05) is 0 Å². The SMILES string of the molecule is CC(C(=O)O)C(=O)C=NN. The Morgan fingerprint density at radius 3 is 2.50 bits per heavy atom. The fourth-order valence-corrected chi connectivity index (χ4v) is 0.307. The van der Waals surface area contributed by atoms with Crippen LogP contribution in [0.15, 0.2) is 5.10 Å². The summed E-state index contributed by atoms with van der Waals surface area (Å²) < 4.78 is 0. The molecule has 0 aliphatic heterocycles. The number of carbonyl (C=O) groups excluding carboxylic acids is 1. The van der Waals surface area contributed by atoms with Crippen LogP contribution in [0, 0.1) is 5.92 Å². The molecule has 0 saturated heterocycles. The summed E-state index contributed by atoms with van der Waals surface area (Å²) in [5, 5.41) is 11.2. The van der Waals surface area contributed by atoms with E-state index in [4.69, 9.17) is 5.11 Å². The van der Waals surface area contributed by atoms with E-state index in [0.717, 1.165) is 6.21 Å². The molecule has 0 aromatic heterocycles. The number of nitrogens with two attached hydrogens (primary N) is 1. The molecule has 0 aromatic rings. The molecule has 5 nitrogen and oxygen atoms in total. The second kappa shape index (κ2) is 3.60. The van der Waals surface area contributed by atoms with Crippen molar-refractivity contribution < 1.29 is 14.7 Å². The van der Waals surface area contributed by atoms with Crippen LogP contribution in [0.3, 0.4) is 0 Å². The first-order valence-corrected chi connectivity index (χ1v) is 2.59. The highest BCUT2D eigenvalue weighted by Gasteiger charge is 2.17. The highest BCUT2D eigenvalue weighted by Crippen LogP contribution is 1.93. The van der Waals surface area contributed by atoms with Gasteiger partial charge in [0.25, 0.3) is 0 Å². The molecule has 0 heterocycles. The topological polar surface area (TPSA) is 92.7 Å². The van der Waals surface area contributed by atoms with Gasteiger partial charge in [-0.2, -0.15) is 5.10 Å². The highest BCUT2D eigenvalue weighted by molar-refractivity contribution is 6.32. The summed E-state index contributed by atoms with van der Waals surface area (Å²) in [6.07, 6.45) is 0.790. The number of rotatable bonds is 3. The van der Waals surface area contributed by atoms with E-state index in [1.165, 1.54) is 6.92 Å². The van der Waals surface area contributed by atoms with Gasteiger partial charge in [0.1, 0.15) is 5.92 Å². The van der Waals surface area contributed by atoms with Crippen molar-refractivity contribution in [3.05, 3.63) is 0 Å². The maximum atomic E-state index is 10.6. The van der Waals surface area contributed by atoms with Crippen LogP contribution in [0.25, 0.3) is 0 Å². The Labute approximate surface area is 57.5 Å². The van der Waals surface area contributed by atoms with Crippen molar-refractivity contribution in [3.8, 4) is 0 Å². The van der Waals surface area contributed by atoms with Gasteiger partial charge in [-0.1, -0.05) is 0 Å². The van der Waals surface area contributed by atoms with Crippen LogP contribution in [0.5, 0.6) is 0 Å². The summed E-state index contributed by atoms with van der Waals surface area (Å²) in [5.41, 5.74) is 0. The Hall–Kier alpha value is -1.39. The predicted octanol–water partition coefficient (Wildman–Crippen LogP) is -0.779. The van der Waals surface area contributed by atoms with Gasteiger partial charge in [-0.05, 0) is 6.92 Å². The van der Waals surface area contributed by atoms with Crippen molar-refractivity contribution in [2.24, 2.45) is 16.9 Å². The minimum Gasteiger partial charge on any atom is -0.481 e. The van der Waals surface area contributed by atoms with Crippen LogP contribution in [-0.2, 0) is 9.59 Å². The van der Waals surface area contributed by atoms with Gasteiger partial charge in [0.2, 0.25) is 0 Å². The molecule has 0 aromatic carbocycles. The maximum Gasteiger partial charge on any atom is 0.314 e. The lowest BCUT2D eigenvalue weighted by Crippen LogP contribution is -2.21. The number of carboxylic acids is 1. The Morgan fingerprint density at radius 1 is 1.70 bits per heavy atom. The second-order valence-corrected chi connectivity index (χ2v) is 1.74. The molecule has 5 heteroatoms. The minimum absolute atomic E-state index is 0.602. The van der Waals surface area contributed by atoms with Gasteiger partial charge in [0.05, 0.1) is 6.21 Å². The van der Waals surface area contributed by atoms with Gasteiger partial charge >= 0.3 is 5.97 Å². The molecule has 0 bridgehead atoms. The molecule has 0 aliphatic rings. The van der Waals surface area contributed by atoms with Crippen LogP contribution in [0.4, 0.5) is 0 Å². The van der Waals surface area contributed by atoms with E-state index in [9.17, 15) is 9.59 Å². The molecular weight excluding hydrogens is 136 g/mol. The third kappa shape index (κ3) is 2.25. The molecule has 0 aliphatic carbocycles. The largest absolute Gasteiger partial charge is 0.481 e.